The molecule has 1 N–H and O–H groups in total. The van der Waals surface area contributed by atoms with Crippen LogP contribution in [0.4, 0.5) is 0 Å². The van der Waals surface area contributed by atoms with Crippen LogP contribution < -0.4 is 0 Å². The van der Waals surface area contributed by atoms with Gasteiger partial charge in [-0.25, -0.2) is 4.79 Å². The quantitative estimate of drug-likeness (QED) is 0.534. The number of nitrogens with zero attached hydrogens (tertiary/aromatic N) is 1. The lowest BCUT2D eigenvalue weighted by atomic mass is 10.2. The molecule has 0 radical (unpaired) electrons. The van der Waals surface area contributed by atoms with Gasteiger partial charge in [0.15, 0.2) is 0 Å². The number of ether oxygens (including phenoxy) is 2. The van der Waals surface area contributed by atoms with Crippen LogP contribution in [-0.2, 0) is 14.3 Å². The number of hydrogen-bond acceptors (Lipinski definition) is 5. The van der Waals surface area contributed by atoms with Crippen molar-refractivity contribution in [3.63, 3.8) is 0 Å². The fraction of sp³-hybridized carbons (Fsp3) is 0.727. The van der Waals surface area contributed by atoms with Gasteiger partial charge in [0, 0.05) is 18.7 Å². The van der Waals surface area contributed by atoms with Crippen LogP contribution in [0.15, 0.2) is 11.6 Å². The number of hydrogen-bond donors (Lipinski definition) is 1. The molecule has 92 valence electrons. The van der Waals surface area contributed by atoms with Crippen LogP contribution in [0.1, 0.15) is 6.92 Å². The maximum atomic E-state index is 11.2. The lowest BCUT2D eigenvalue weighted by molar-refractivity contribution is -0.136. The Morgan fingerprint density at radius 3 is 3.06 bits per heavy atom. The zero-order valence-corrected chi connectivity index (χ0v) is 9.81. The summed E-state index contributed by atoms with van der Waals surface area (Å²) >= 11 is 0. The van der Waals surface area contributed by atoms with Gasteiger partial charge in [0.25, 0.3) is 0 Å². The van der Waals surface area contributed by atoms with E-state index in [9.17, 15) is 4.79 Å². The van der Waals surface area contributed by atoms with Gasteiger partial charge in [-0.05, 0) is 6.92 Å². The van der Waals surface area contributed by atoms with E-state index < -0.39 is 0 Å². The van der Waals surface area contributed by atoms with Crippen LogP contribution in [0.3, 0.4) is 0 Å². The van der Waals surface area contributed by atoms with Crippen molar-refractivity contribution in [2.24, 2.45) is 0 Å². The second kappa shape index (κ2) is 6.62. The molecule has 5 heteroatoms. The zero-order chi connectivity index (χ0) is 12.0. The minimum absolute atomic E-state index is 0.0236. The fourth-order valence-electron chi connectivity index (χ4n) is 1.60. The molecule has 0 spiro atoms. The maximum absolute atomic E-state index is 11.2. The smallest absolute Gasteiger partial charge is 0.333 e. The number of aliphatic hydroxyl groups excluding tert-OH is 1. The number of carbonyl (C=O) groups is 1. The Hall–Kier alpha value is -0.910. The second-order valence-corrected chi connectivity index (χ2v) is 3.78. The number of aliphatic hydroxyl groups is 1. The Kier molecular flexibility index (Phi) is 5.45. The third-order valence-electron chi connectivity index (χ3n) is 2.70. The van der Waals surface area contributed by atoms with Crippen LogP contribution in [-0.4, -0.2) is 62.0 Å². The first-order valence-electron chi connectivity index (χ1n) is 5.36. The zero-order valence-electron chi connectivity index (χ0n) is 9.81. The van der Waals surface area contributed by atoms with Gasteiger partial charge < -0.3 is 14.6 Å². The summed E-state index contributed by atoms with van der Waals surface area (Å²) in [5.41, 5.74) is 0.589. The van der Waals surface area contributed by atoms with Crippen LogP contribution >= 0.6 is 0 Å². The molecular weight excluding hydrogens is 210 g/mol. The van der Waals surface area contributed by atoms with Crippen molar-refractivity contribution in [3.8, 4) is 0 Å². The standard InChI is InChI=1S/C11H19NO4/c1-9(11(14)15-2)3-4-12-5-6-16-8-10(12)7-13/h3,10,13H,4-8H2,1-2H3. The Labute approximate surface area is 95.6 Å². The summed E-state index contributed by atoms with van der Waals surface area (Å²) in [5.74, 6) is -0.311. The molecule has 1 atom stereocenters. The van der Waals surface area contributed by atoms with E-state index in [1.807, 2.05) is 6.08 Å². The van der Waals surface area contributed by atoms with E-state index >= 15 is 0 Å². The van der Waals surface area contributed by atoms with Crippen LogP contribution in [0.25, 0.3) is 0 Å². The lowest BCUT2D eigenvalue weighted by Gasteiger charge is -2.33. The summed E-state index contributed by atoms with van der Waals surface area (Å²) in [6, 6.07) is 0.0236. The normalized spacial score (nSPS) is 23.2. The minimum atomic E-state index is -0.311. The molecule has 1 aliphatic heterocycles. The Bertz CT molecular complexity index is 265. The van der Waals surface area contributed by atoms with Gasteiger partial charge in [-0.15, -0.1) is 0 Å². The Morgan fingerprint density at radius 1 is 1.69 bits per heavy atom. The van der Waals surface area contributed by atoms with E-state index in [-0.39, 0.29) is 18.6 Å². The molecular formula is C11H19NO4. The molecule has 16 heavy (non-hydrogen) atoms. The maximum Gasteiger partial charge on any atom is 0.333 e. The van der Waals surface area contributed by atoms with Crippen LogP contribution in [0.5, 0.6) is 0 Å². The SMILES string of the molecule is COC(=O)C(C)=CCN1CCOCC1CO. The van der Waals surface area contributed by atoms with E-state index in [2.05, 4.69) is 9.64 Å². The third kappa shape index (κ3) is 3.59. The van der Waals surface area contributed by atoms with E-state index in [0.717, 1.165) is 6.54 Å². The van der Waals surface area contributed by atoms with Gasteiger partial charge in [-0.1, -0.05) is 6.08 Å². The van der Waals surface area contributed by atoms with Gasteiger partial charge in [0.05, 0.1) is 33.0 Å². The van der Waals surface area contributed by atoms with E-state index in [4.69, 9.17) is 9.84 Å². The summed E-state index contributed by atoms with van der Waals surface area (Å²) < 4.78 is 9.87. The molecule has 0 aromatic heterocycles. The summed E-state index contributed by atoms with van der Waals surface area (Å²) in [5, 5.41) is 9.15. The average molecular weight is 229 g/mol. The Morgan fingerprint density at radius 2 is 2.44 bits per heavy atom. The number of rotatable bonds is 4. The van der Waals surface area contributed by atoms with Crippen molar-refractivity contribution in [3.05, 3.63) is 11.6 Å². The molecule has 0 aromatic carbocycles. The molecule has 1 heterocycles. The molecule has 0 aromatic rings. The van der Waals surface area contributed by atoms with Crippen LogP contribution in [0.2, 0.25) is 0 Å². The monoisotopic (exact) mass is 229 g/mol. The lowest BCUT2D eigenvalue weighted by Crippen LogP contribution is -2.47. The number of methoxy groups -OCH3 is 1. The van der Waals surface area contributed by atoms with Crippen LogP contribution in [0, 0.1) is 0 Å². The summed E-state index contributed by atoms with van der Waals surface area (Å²) in [6.07, 6.45) is 1.82. The summed E-state index contributed by atoms with van der Waals surface area (Å²) in [6.45, 7) is 4.42. The first kappa shape index (κ1) is 13.2. The van der Waals surface area contributed by atoms with Crippen molar-refractivity contribution >= 4 is 5.97 Å². The fourth-order valence-corrected chi connectivity index (χ4v) is 1.60. The second-order valence-electron chi connectivity index (χ2n) is 3.78. The summed E-state index contributed by atoms with van der Waals surface area (Å²) in [4.78, 5) is 13.2. The molecule has 1 unspecified atom stereocenters. The molecule has 1 fully saturated rings. The van der Waals surface area contributed by atoms with Gasteiger partial charge in [0.2, 0.25) is 0 Å². The molecule has 1 saturated heterocycles. The summed E-state index contributed by atoms with van der Waals surface area (Å²) in [7, 11) is 1.37. The first-order chi connectivity index (χ1) is 7.69. The highest BCUT2D eigenvalue weighted by Crippen LogP contribution is 2.07. The van der Waals surface area contributed by atoms with Crippen molar-refractivity contribution < 1.29 is 19.4 Å². The van der Waals surface area contributed by atoms with Gasteiger partial charge in [-0.3, -0.25) is 4.90 Å². The predicted octanol–water partition coefficient (Wildman–Crippen LogP) is -0.201. The molecule has 5 nitrogen and oxygen atoms in total. The highest BCUT2D eigenvalue weighted by atomic mass is 16.5. The van der Waals surface area contributed by atoms with Crippen molar-refractivity contribution in [2.45, 2.75) is 13.0 Å². The number of morpholine rings is 1. The van der Waals surface area contributed by atoms with Crippen molar-refractivity contribution in [1.82, 2.24) is 4.90 Å². The molecule has 1 aliphatic rings. The van der Waals surface area contributed by atoms with Gasteiger partial charge in [-0.2, -0.15) is 0 Å². The van der Waals surface area contributed by atoms with E-state index in [0.29, 0.717) is 25.3 Å². The van der Waals surface area contributed by atoms with Gasteiger partial charge >= 0.3 is 5.97 Å². The molecule has 0 saturated carbocycles. The molecule has 1 rings (SSSR count). The van der Waals surface area contributed by atoms with E-state index in [1.165, 1.54) is 7.11 Å². The third-order valence-corrected chi connectivity index (χ3v) is 2.70. The van der Waals surface area contributed by atoms with Crippen molar-refractivity contribution in [1.29, 1.82) is 0 Å². The van der Waals surface area contributed by atoms with E-state index in [1.54, 1.807) is 6.92 Å². The molecule has 0 aliphatic carbocycles. The largest absolute Gasteiger partial charge is 0.466 e. The Balaban J connectivity index is 2.48. The molecule has 0 amide bonds. The highest BCUT2D eigenvalue weighted by Gasteiger charge is 2.21. The van der Waals surface area contributed by atoms with Crippen molar-refractivity contribution in [2.75, 3.05) is 40.0 Å². The number of esters is 1. The highest BCUT2D eigenvalue weighted by molar-refractivity contribution is 5.87. The topological polar surface area (TPSA) is 59.0 Å². The minimum Gasteiger partial charge on any atom is -0.466 e. The molecule has 0 bridgehead atoms. The average Bonchev–Trinajstić information content (AvgIpc) is 2.35. The number of carbonyl (C=O) groups excluding carboxylic acids is 1. The van der Waals surface area contributed by atoms with Gasteiger partial charge in [0.1, 0.15) is 0 Å². The first-order valence-corrected chi connectivity index (χ1v) is 5.36. The predicted molar refractivity (Wildman–Crippen MR) is 59.0 cm³/mol.